The van der Waals surface area contributed by atoms with E-state index in [1.165, 1.54) is 54.8 Å². The number of fused-ring (bicyclic) bond motifs is 4. The number of nitrogens with zero attached hydrogens (tertiary/aromatic N) is 8. The fraction of sp³-hybridized carbons (Fsp3) is 0.160. The second kappa shape index (κ2) is 19.8. The highest BCUT2D eigenvalue weighted by Crippen LogP contribution is 2.18. The number of hydrogen-bond donors (Lipinski definition) is 4. The lowest BCUT2D eigenvalue weighted by Gasteiger charge is -2.10. The molecule has 0 unspecified atom stereocenters. The molecule has 0 fully saturated rings. The molecule has 0 atom stereocenters. The Bertz CT molecular complexity index is 3650. The number of hydrogen-bond acceptors (Lipinski definition) is 12. The molecule has 0 aliphatic carbocycles. The summed E-state index contributed by atoms with van der Waals surface area (Å²) in [7, 11) is 3.20. The number of benzene rings is 4. The van der Waals surface area contributed by atoms with E-state index >= 15 is 0 Å². The Labute approximate surface area is 404 Å². The summed E-state index contributed by atoms with van der Waals surface area (Å²) in [5.41, 5.74) is 7.08. The highest BCUT2D eigenvalue weighted by molar-refractivity contribution is 5.99. The second-order valence-electron chi connectivity index (χ2n) is 16.6. The third-order valence-corrected chi connectivity index (χ3v) is 11.6. The second-order valence-corrected chi connectivity index (χ2v) is 16.6. The maximum absolute atomic E-state index is 13.5. The first kappa shape index (κ1) is 47.5. The van der Waals surface area contributed by atoms with Gasteiger partial charge in [-0.15, -0.1) is 0 Å². The predicted octanol–water partition coefficient (Wildman–Crippen LogP) is 4.96. The molecule has 0 saturated heterocycles. The molecule has 72 heavy (non-hydrogen) atoms. The Morgan fingerprint density at radius 3 is 1.25 bits per heavy atom. The monoisotopic (exact) mass is 976 g/mol. The molecule has 0 saturated carbocycles. The van der Waals surface area contributed by atoms with Crippen LogP contribution in [0.2, 0.25) is 0 Å². The minimum absolute atomic E-state index is 0.0440. The van der Waals surface area contributed by atoms with E-state index in [9.17, 15) is 37.5 Å². The van der Waals surface area contributed by atoms with Crippen LogP contribution in [0.1, 0.15) is 75.3 Å². The molecule has 4 amide bonds. The van der Waals surface area contributed by atoms with Crippen LogP contribution < -0.4 is 32.8 Å². The van der Waals surface area contributed by atoms with Gasteiger partial charge in [0.15, 0.2) is 22.5 Å². The number of carbonyl (C=O) groups excluding carboxylic acids is 4. The van der Waals surface area contributed by atoms with Gasteiger partial charge in [-0.25, -0.2) is 37.4 Å². The number of rotatable bonds is 12. The maximum atomic E-state index is 13.5. The van der Waals surface area contributed by atoms with Crippen molar-refractivity contribution in [2.24, 2.45) is 14.1 Å². The molecule has 4 aromatic carbocycles. The molecule has 4 N–H and O–H groups in total. The molecule has 0 bridgehead atoms. The van der Waals surface area contributed by atoms with Crippen LogP contribution in [0.4, 0.5) is 8.78 Å². The molecule has 0 aliphatic heterocycles. The average molecular weight is 977 g/mol. The van der Waals surface area contributed by atoms with Gasteiger partial charge in [-0.2, -0.15) is 10.2 Å². The van der Waals surface area contributed by atoms with Crippen molar-refractivity contribution in [2.75, 3.05) is 0 Å². The third kappa shape index (κ3) is 9.94. The Balaban J connectivity index is 0.000000178. The minimum atomic E-state index is -0.483. The van der Waals surface area contributed by atoms with E-state index in [2.05, 4.69) is 41.4 Å². The minimum Gasteiger partial charge on any atom is -0.408 e. The predicted molar refractivity (Wildman–Crippen MR) is 256 cm³/mol. The maximum Gasteiger partial charge on any atom is 0.419 e. The smallest absolute Gasteiger partial charge is 0.408 e. The molecule has 364 valence electrons. The number of halogens is 2. The van der Waals surface area contributed by atoms with Gasteiger partial charge in [-0.05, 0) is 83.6 Å². The molecule has 0 aliphatic rings. The van der Waals surface area contributed by atoms with Crippen LogP contribution in [-0.2, 0) is 40.3 Å². The van der Waals surface area contributed by atoms with E-state index in [1.54, 1.807) is 101 Å². The summed E-state index contributed by atoms with van der Waals surface area (Å²) in [6, 6.07) is 25.4. The summed E-state index contributed by atoms with van der Waals surface area (Å²) >= 11 is 0. The summed E-state index contributed by atoms with van der Waals surface area (Å²) < 4.78 is 42.7. The van der Waals surface area contributed by atoms with Crippen LogP contribution in [0.25, 0.3) is 33.5 Å². The van der Waals surface area contributed by atoms with Gasteiger partial charge < -0.3 is 30.1 Å². The van der Waals surface area contributed by atoms with Crippen molar-refractivity contribution in [1.29, 1.82) is 0 Å². The first-order chi connectivity index (χ1) is 34.6. The van der Waals surface area contributed by atoms with Crippen LogP contribution in [0, 0.1) is 25.5 Å². The van der Waals surface area contributed by atoms with Crippen LogP contribution in [0.3, 0.4) is 0 Å². The van der Waals surface area contributed by atoms with Crippen molar-refractivity contribution in [3.05, 3.63) is 198 Å². The van der Waals surface area contributed by atoms with Gasteiger partial charge in [0.05, 0.1) is 23.4 Å². The van der Waals surface area contributed by atoms with Gasteiger partial charge in [0.1, 0.15) is 34.4 Å². The van der Waals surface area contributed by atoms with Crippen LogP contribution in [0.5, 0.6) is 0 Å². The number of aromatic nitrogens is 8. The molecule has 20 nitrogen and oxygen atoms in total. The Hall–Kier alpha value is -9.60. The quantitative estimate of drug-likeness (QED) is 0.127. The van der Waals surface area contributed by atoms with Crippen molar-refractivity contribution in [3.63, 3.8) is 0 Å². The SMILES string of the molecule is Cc1cc(CNC(=O)c2cc(C(=O)NCc3ccc4oc(=O)n(C)c4c3)nc3ccnn23)ccc1F.Cc1cc(CNC(=O)c2cc(C(=O)NCc3ccc4oc(=O)n(C)c4c3)nc3ccnn23)ccc1F. The first-order valence-corrected chi connectivity index (χ1v) is 22.1. The van der Waals surface area contributed by atoms with E-state index in [0.717, 1.165) is 22.3 Å². The molecular weight excluding hydrogens is 935 g/mol. The van der Waals surface area contributed by atoms with Crippen LogP contribution >= 0.6 is 0 Å². The first-order valence-electron chi connectivity index (χ1n) is 22.1. The largest absolute Gasteiger partial charge is 0.419 e. The third-order valence-electron chi connectivity index (χ3n) is 11.6. The highest BCUT2D eigenvalue weighted by atomic mass is 19.1. The van der Waals surface area contributed by atoms with Gasteiger partial charge in [0, 0.05) is 64.5 Å². The summed E-state index contributed by atoms with van der Waals surface area (Å²) in [5, 5.41) is 19.4. The van der Waals surface area contributed by atoms with Gasteiger partial charge in [0.25, 0.3) is 23.6 Å². The number of nitrogens with one attached hydrogen (secondary N) is 4. The van der Waals surface area contributed by atoms with E-state index in [0.29, 0.717) is 44.6 Å². The number of aryl methyl sites for hydroxylation is 4. The molecule has 10 aromatic rings. The van der Waals surface area contributed by atoms with Crippen LogP contribution in [0.15, 0.2) is 128 Å². The van der Waals surface area contributed by atoms with E-state index in [1.807, 2.05) is 0 Å². The summed E-state index contributed by atoms with van der Waals surface area (Å²) in [5.74, 6) is -3.47. The van der Waals surface area contributed by atoms with Gasteiger partial charge >= 0.3 is 11.5 Å². The lowest BCUT2D eigenvalue weighted by atomic mass is 10.1. The Morgan fingerprint density at radius 2 is 0.861 bits per heavy atom. The lowest BCUT2D eigenvalue weighted by molar-refractivity contribution is 0.0927. The zero-order valence-corrected chi connectivity index (χ0v) is 38.8. The van der Waals surface area contributed by atoms with Crippen molar-refractivity contribution in [2.45, 2.75) is 40.0 Å². The number of oxazole rings is 2. The number of carbonyl (C=O) groups is 4. The number of amides is 4. The Morgan fingerprint density at radius 1 is 0.500 bits per heavy atom. The van der Waals surface area contributed by atoms with E-state index in [4.69, 9.17) is 8.83 Å². The normalized spacial score (nSPS) is 11.2. The van der Waals surface area contributed by atoms with E-state index in [-0.39, 0.29) is 60.6 Å². The van der Waals surface area contributed by atoms with Crippen molar-refractivity contribution in [1.82, 2.24) is 59.6 Å². The zero-order valence-electron chi connectivity index (χ0n) is 38.8. The standard InChI is InChI=1S/2C25H21FN6O4/c2*1-14-9-15(3-5-17(14)26)12-28-24(34)20-11-18(30-22-7-8-29-32(20)22)23(33)27-13-16-4-6-21-19(10-16)31(2)25(35)36-21/h2*3-11H,12-13H2,1-2H3,(H,27,33)(H,28,34). The molecule has 22 heteroatoms. The Kier molecular flexibility index (Phi) is 13.0. The molecule has 0 radical (unpaired) electrons. The van der Waals surface area contributed by atoms with Crippen molar-refractivity contribution >= 4 is 57.1 Å². The molecular formula is C50H42F2N12O8. The molecule has 6 heterocycles. The highest BCUT2D eigenvalue weighted by Gasteiger charge is 2.20. The summed E-state index contributed by atoms with van der Waals surface area (Å²) in [6.07, 6.45) is 2.96. The molecule has 6 aromatic heterocycles. The zero-order chi connectivity index (χ0) is 50.8. The van der Waals surface area contributed by atoms with Gasteiger partial charge in [0.2, 0.25) is 0 Å². The van der Waals surface area contributed by atoms with Gasteiger partial charge in [-0.1, -0.05) is 36.4 Å². The fourth-order valence-electron chi connectivity index (χ4n) is 7.67. The van der Waals surface area contributed by atoms with Crippen LogP contribution in [-0.4, -0.2) is 62.0 Å². The van der Waals surface area contributed by atoms with Crippen molar-refractivity contribution < 1.29 is 36.8 Å². The van der Waals surface area contributed by atoms with Gasteiger partial charge in [-0.3, -0.25) is 28.3 Å². The van der Waals surface area contributed by atoms with Crippen molar-refractivity contribution in [3.8, 4) is 0 Å². The lowest BCUT2D eigenvalue weighted by Crippen LogP contribution is -2.28. The molecule has 10 rings (SSSR count). The topological polar surface area (TPSA) is 247 Å². The fourth-order valence-corrected chi connectivity index (χ4v) is 7.67. The summed E-state index contributed by atoms with van der Waals surface area (Å²) in [4.78, 5) is 83.7. The summed E-state index contributed by atoms with van der Waals surface area (Å²) in [6.45, 7) is 3.99. The molecule has 0 spiro atoms. The van der Waals surface area contributed by atoms with E-state index < -0.39 is 35.1 Å². The average Bonchev–Trinajstić information content (AvgIpc) is 4.18.